The van der Waals surface area contributed by atoms with Gasteiger partial charge in [0.15, 0.2) is 0 Å². The third kappa shape index (κ3) is 4.84. The van der Waals surface area contributed by atoms with Crippen molar-refractivity contribution >= 4 is 11.6 Å². The van der Waals surface area contributed by atoms with E-state index in [0.717, 1.165) is 22.4 Å². The first-order valence-electron chi connectivity index (χ1n) is 11.4. The predicted molar refractivity (Wildman–Crippen MR) is 130 cm³/mol. The standard InChI is InChI=1S/C26H28N6O3/c1-6-35-24-21(26(5)14-34-15-26)7-17(10-29-24)20-9-19(12-28-16(20)2)31-23(33)18-8-22(32-30-11-18)25(3,4)13-27/h7-12H,6,14-15H2,1-5H3,(H,31,33). The Kier molecular flexibility index (Phi) is 6.50. The number of aromatic nitrogens is 4. The minimum atomic E-state index is -0.859. The second-order valence-corrected chi connectivity index (χ2v) is 9.44. The van der Waals surface area contributed by atoms with E-state index in [9.17, 15) is 10.1 Å². The molecule has 0 atom stereocenters. The van der Waals surface area contributed by atoms with Gasteiger partial charge in [-0.25, -0.2) is 4.98 Å². The van der Waals surface area contributed by atoms with E-state index in [0.29, 0.717) is 42.6 Å². The minimum absolute atomic E-state index is 0.163. The minimum Gasteiger partial charge on any atom is -0.478 e. The van der Waals surface area contributed by atoms with Gasteiger partial charge in [0.1, 0.15) is 0 Å². The first kappa shape index (κ1) is 24.2. The van der Waals surface area contributed by atoms with Crippen LogP contribution in [0, 0.1) is 18.3 Å². The fourth-order valence-corrected chi connectivity index (χ4v) is 3.80. The van der Waals surface area contributed by atoms with Gasteiger partial charge in [0.05, 0.1) is 60.6 Å². The summed E-state index contributed by atoms with van der Waals surface area (Å²) in [6.45, 7) is 11.2. The molecule has 35 heavy (non-hydrogen) atoms. The summed E-state index contributed by atoms with van der Waals surface area (Å²) in [6.07, 6.45) is 4.74. The summed E-state index contributed by atoms with van der Waals surface area (Å²) in [7, 11) is 0. The van der Waals surface area contributed by atoms with Crippen LogP contribution >= 0.6 is 0 Å². The molecule has 3 aromatic rings. The third-order valence-electron chi connectivity index (χ3n) is 6.12. The van der Waals surface area contributed by atoms with Gasteiger partial charge in [0.25, 0.3) is 5.91 Å². The van der Waals surface area contributed by atoms with Crippen molar-refractivity contribution in [3.8, 4) is 23.1 Å². The smallest absolute Gasteiger partial charge is 0.257 e. The molecule has 0 spiro atoms. The molecule has 1 N–H and O–H groups in total. The average molecular weight is 473 g/mol. The Morgan fingerprint density at radius 3 is 2.66 bits per heavy atom. The molecule has 1 saturated heterocycles. The Bertz CT molecular complexity index is 1310. The molecule has 1 aliphatic heterocycles. The van der Waals surface area contributed by atoms with E-state index in [2.05, 4.69) is 44.5 Å². The molecule has 9 heteroatoms. The molecule has 4 rings (SSSR count). The Morgan fingerprint density at radius 1 is 1.23 bits per heavy atom. The maximum absolute atomic E-state index is 12.9. The number of anilines is 1. The fourth-order valence-electron chi connectivity index (χ4n) is 3.80. The molecule has 0 saturated carbocycles. The van der Waals surface area contributed by atoms with E-state index in [4.69, 9.17) is 9.47 Å². The van der Waals surface area contributed by atoms with Gasteiger partial charge < -0.3 is 14.8 Å². The topological polar surface area (TPSA) is 123 Å². The molecule has 0 aliphatic carbocycles. The molecule has 0 radical (unpaired) electrons. The number of carbonyl (C=O) groups is 1. The van der Waals surface area contributed by atoms with Crippen molar-refractivity contribution in [2.24, 2.45) is 0 Å². The van der Waals surface area contributed by atoms with Crippen molar-refractivity contribution in [1.29, 1.82) is 5.26 Å². The van der Waals surface area contributed by atoms with E-state index in [-0.39, 0.29) is 11.3 Å². The van der Waals surface area contributed by atoms with Gasteiger partial charge in [0, 0.05) is 34.0 Å². The van der Waals surface area contributed by atoms with Gasteiger partial charge in [-0.3, -0.25) is 9.78 Å². The zero-order valence-corrected chi connectivity index (χ0v) is 20.5. The highest BCUT2D eigenvalue weighted by Crippen LogP contribution is 2.39. The zero-order valence-electron chi connectivity index (χ0n) is 20.5. The van der Waals surface area contributed by atoms with Gasteiger partial charge in [-0.15, -0.1) is 0 Å². The Morgan fingerprint density at radius 2 is 2.00 bits per heavy atom. The Hall–Kier alpha value is -3.90. The van der Waals surface area contributed by atoms with Crippen molar-refractivity contribution in [3.05, 3.63) is 59.3 Å². The van der Waals surface area contributed by atoms with E-state index in [1.165, 1.54) is 6.20 Å². The van der Waals surface area contributed by atoms with Crippen LogP contribution in [0.2, 0.25) is 0 Å². The highest BCUT2D eigenvalue weighted by molar-refractivity contribution is 6.04. The molecule has 0 unspecified atom stereocenters. The number of nitrogens with zero attached hydrogens (tertiary/aromatic N) is 5. The van der Waals surface area contributed by atoms with Gasteiger partial charge in [-0.1, -0.05) is 6.92 Å². The number of nitrogens with one attached hydrogen (secondary N) is 1. The molecule has 4 heterocycles. The quantitative estimate of drug-likeness (QED) is 0.548. The molecule has 1 amide bonds. The van der Waals surface area contributed by atoms with Crippen LogP contribution in [0.3, 0.4) is 0 Å². The number of carbonyl (C=O) groups excluding carboxylic acids is 1. The monoisotopic (exact) mass is 472 g/mol. The van der Waals surface area contributed by atoms with Crippen molar-refractivity contribution < 1.29 is 14.3 Å². The number of hydrogen-bond acceptors (Lipinski definition) is 8. The van der Waals surface area contributed by atoms with Crippen molar-refractivity contribution in [3.63, 3.8) is 0 Å². The fraction of sp³-hybridized carbons (Fsp3) is 0.385. The predicted octanol–water partition coefficient (Wildman–Crippen LogP) is 3.98. The first-order valence-corrected chi connectivity index (χ1v) is 11.4. The van der Waals surface area contributed by atoms with Crippen LogP contribution < -0.4 is 10.1 Å². The van der Waals surface area contributed by atoms with E-state index < -0.39 is 5.41 Å². The largest absolute Gasteiger partial charge is 0.478 e. The lowest BCUT2D eigenvalue weighted by molar-refractivity contribution is -0.0513. The number of ether oxygens (including phenoxy) is 2. The zero-order chi connectivity index (χ0) is 25.2. The first-order chi connectivity index (χ1) is 16.7. The molecule has 1 aliphatic rings. The summed E-state index contributed by atoms with van der Waals surface area (Å²) < 4.78 is 11.2. The van der Waals surface area contributed by atoms with Crippen LogP contribution in [0.4, 0.5) is 5.69 Å². The van der Waals surface area contributed by atoms with Crippen LogP contribution in [0.25, 0.3) is 11.1 Å². The van der Waals surface area contributed by atoms with Crippen LogP contribution in [-0.4, -0.2) is 45.9 Å². The van der Waals surface area contributed by atoms with Crippen molar-refractivity contribution in [2.45, 2.75) is 45.4 Å². The van der Waals surface area contributed by atoms with Gasteiger partial charge >= 0.3 is 0 Å². The Balaban J connectivity index is 1.64. The molecule has 0 aromatic carbocycles. The number of amides is 1. The maximum atomic E-state index is 12.9. The van der Waals surface area contributed by atoms with Crippen molar-refractivity contribution in [2.75, 3.05) is 25.1 Å². The van der Waals surface area contributed by atoms with E-state index in [1.807, 2.05) is 19.9 Å². The number of hydrogen-bond donors (Lipinski definition) is 1. The summed E-state index contributed by atoms with van der Waals surface area (Å²) in [5, 5.41) is 20.1. The van der Waals surface area contributed by atoms with Gasteiger partial charge in [0.2, 0.25) is 5.88 Å². The Labute approximate surface area is 204 Å². The second kappa shape index (κ2) is 9.39. The molecule has 9 nitrogen and oxygen atoms in total. The van der Waals surface area contributed by atoms with E-state index in [1.54, 1.807) is 32.3 Å². The lowest BCUT2D eigenvalue weighted by atomic mass is 9.80. The normalized spacial score (nSPS) is 14.5. The molecular weight excluding hydrogens is 444 g/mol. The highest BCUT2D eigenvalue weighted by atomic mass is 16.5. The van der Waals surface area contributed by atoms with Crippen molar-refractivity contribution in [1.82, 2.24) is 20.2 Å². The molecule has 1 fully saturated rings. The third-order valence-corrected chi connectivity index (χ3v) is 6.12. The van der Waals surface area contributed by atoms with Crippen LogP contribution in [-0.2, 0) is 15.6 Å². The molecule has 0 bridgehead atoms. The summed E-state index contributed by atoms with van der Waals surface area (Å²) in [6, 6.07) is 7.69. The van der Waals surface area contributed by atoms with Gasteiger partial charge in [-0.2, -0.15) is 15.5 Å². The molecule has 180 valence electrons. The van der Waals surface area contributed by atoms with Gasteiger partial charge in [-0.05, 0) is 45.9 Å². The number of nitriles is 1. The highest BCUT2D eigenvalue weighted by Gasteiger charge is 2.38. The number of rotatable bonds is 7. The van der Waals surface area contributed by atoms with Crippen LogP contribution in [0.15, 0.2) is 36.8 Å². The molecule has 3 aromatic heterocycles. The SMILES string of the molecule is CCOc1ncc(-c2cc(NC(=O)c3cnnc(C(C)(C)C#N)c3)cnc2C)cc1C1(C)COC1. The summed E-state index contributed by atoms with van der Waals surface area (Å²) in [5.74, 6) is 0.245. The summed E-state index contributed by atoms with van der Waals surface area (Å²) >= 11 is 0. The number of pyridine rings is 2. The lowest BCUT2D eigenvalue weighted by Crippen LogP contribution is -2.44. The van der Waals surface area contributed by atoms with Crippen LogP contribution in [0.5, 0.6) is 5.88 Å². The lowest BCUT2D eigenvalue weighted by Gasteiger charge is -2.39. The molecular formula is C26H28N6O3. The maximum Gasteiger partial charge on any atom is 0.257 e. The van der Waals surface area contributed by atoms with Crippen LogP contribution in [0.1, 0.15) is 55.0 Å². The number of aryl methyl sites for hydroxylation is 1. The summed E-state index contributed by atoms with van der Waals surface area (Å²) in [4.78, 5) is 22.0. The average Bonchev–Trinajstić information content (AvgIpc) is 2.84. The second-order valence-electron chi connectivity index (χ2n) is 9.44. The van der Waals surface area contributed by atoms with E-state index >= 15 is 0 Å². The summed E-state index contributed by atoms with van der Waals surface area (Å²) in [5.41, 5.74) is 3.77.